The van der Waals surface area contributed by atoms with Crippen LogP contribution in [0.4, 0.5) is 5.13 Å². The highest BCUT2D eigenvalue weighted by Gasteiger charge is 2.48. The fourth-order valence-corrected chi connectivity index (χ4v) is 4.23. The highest BCUT2D eigenvalue weighted by Crippen LogP contribution is 2.43. The maximum atomic E-state index is 13.1. The molecule has 1 aliphatic rings. The van der Waals surface area contributed by atoms with E-state index in [1.807, 2.05) is 0 Å². The molecular formula is C23H18ClN3O4S. The molecule has 3 aromatic rings. The Hall–Kier alpha value is -3.49. The number of amides is 1. The molecule has 0 aliphatic carbocycles. The number of aliphatic hydroxyl groups excluding tert-OH is 1. The van der Waals surface area contributed by atoms with Crippen LogP contribution in [0, 0.1) is 6.92 Å². The molecular weight excluding hydrogens is 450 g/mol. The zero-order chi connectivity index (χ0) is 22.8. The van der Waals surface area contributed by atoms with Crippen LogP contribution in [0.25, 0.3) is 5.76 Å². The average Bonchev–Trinajstić information content (AvgIpc) is 3.33. The van der Waals surface area contributed by atoms with Crippen molar-refractivity contribution in [2.24, 2.45) is 0 Å². The molecule has 2 heterocycles. The van der Waals surface area contributed by atoms with Gasteiger partial charge in [0.25, 0.3) is 5.78 Å². The van der Waals surface area contributed by atoms with E-state index in [4.69, 9.17) is 16.3 Å². The van der Waals surface area contributed by atoms with Gasteiger partial charge in [-0.2, -0.15) is 0 Å². The number of hydrogen-bond donors (Lipinski definition) is 1. The molecule has 4 rings (SSSR count). The molecule has 9 heteroatoms. The monoisotopic (exact) mass is 467 g/mol. The molecule has 7 nitrogen and oxygen atoms in total. The summed E-state index contributed by atoms with van der Waals surface area (Å²) in [7, 11) is 0. The van der Waals surface area contributed by atoms with Gasteiger partial charge in [0.05, 0.1) is 11.6 Å². The maximum absolute atomic E-state index is 13.1. The molecule has 1 amide bonds. The summed E-state index contributed by atoms with van der Waals surface area (Å²) >= 11 is 7.14. The summed E-state index contributed by atoms with van der Waals surface area (Å²) in [5.41, 5.74) is 0.945. The Balaban J connectivity index is 1.86. The van der Waals surface area contributed by atoms with Crippen LogP contribution in [0.1, 0.15) is 22.2 Å². The van der Waals surface area contributed by atoms with Crippen LogP contribution in [0.15, 0.2) is 66.8 Å². The first kappa shape index (κ1) is 21.7. The third-order valence-corrected chi connectivity index (χ3v) is 5.94. The summed E-state index contributed by atoms with van der Waals surface area (Å²) in [5.74, 6) is -1.27. The number of anilines is 1. The number of Topliss-reactive ketones (excluding diaryl/α,β-unsaturated/α-hetero) is 1. The van der Waals surface area contributed by atoms with Crippen LogP contribution in [0.3, 0.4) is 0 Å². The molecule has 1 fully saturated rings. The van der Waals surface area contributed by atoms with Crippen LogP contribution in [0.5, 0.6) is 5.75 Å². The van der Waals surface area contributed by atoms with E-state index in [9.17, 15) is 14.7 Å². The SMILES string of the molecule is C=CCOc1ccc(C2/C(=C(\O)c3ccc(Cl)cc3)C(=O)C(=O)N2c2nnc(C)s2)cc1. The number of benzene rings is 2. The number of ether oxygens (including phenoxy) is 1. The predicted octanol–water partition coefficient (Wildman–Crippen LogP) is 4.69. The number of aromatic nitrogens is 2. The number of carbonyl (C=O) groups excluding carboxylic acids is 2. The zero-order valence-electron chi connectivity index (χ0n) is 17.0. The Labute approximate surface area is 193 Å². The molecule has 0 spiro atoms. The highest BCUT2D eigenvalue weighted by atomic mass is 35.5. The normalized spacial score (nSPS) is 17.6. The van der Waals surface area contributed by atoms with Crippen molar-refractivity contribution in [3.05, 3.63) is 87.9 Å². The van der Waals surface area contributed by atoms with Crippen LogP contribution in [-0.4, -0.2) is 33.6 Å². The van der Waals surface area contributed by atoms with Gasteiger partial charge in [-0.1, -0.05) is 47.7 Å². The third kappa shape index (κ3) is 4.02. The summed E-state index contributed by atoms with van der Waals surface area (Å²) in [6.07, 6.45) is 1.63. The molecule has 1 unspecified atom stereocenters. The molecule has 162 valence electrons. The number of rotatable bonds is 6. The second kappa shape index (κ2) is 8.94. The minimum Gasteiger partial charge on any atom is -0.507 e. The van der Waals surface area contributed by atoms with Gasteiger partial charge in [-0.15, -0.1) is 10.2 Å². The topological polar surface area (TPSA) is 92.6 Å². The minimum absolute atomic E-state index is 0.0371. The van der Waals surface area contributed by atoms with Gasteiger partial charge in [-0.05, 0) is 48.9 Å². The van der Waals surface area contributed by atoms with Gasteiger partial charge in [0.2, 0.25) is 5.13 Å². The lowest BCUT2D eigenvalue weighted by atomic mass is 9.95. The fourth-order valence-electron chi connectivity index (χ4n) is 3.39. The number of carbonyl (C=O) groups is 2. The lowest BCUT2D eigenvalue weighted by Crippen LogP contribution is -2.29. The molecule has 2 aromatic carbocycles. The van der Waals surface area contributed by atoms with E-state index < -0.39 is 17.7 Å². The minimum atomic E-state index is -0.883. The van der Waals surface area contributed by atoms with E-state index in [0.717, 1.165) is 0 Å². The standard InChI is InChI=1S/C23H18ClN3O4S/c1-3-12-31-17-10-6-14(7-11-17)19-18(20(28)15-4-8-16(24)9-5-15)21(29)22(30)27(19)23-26-25-13(2)32-23/h3-11,19,28H,1,12H2,2H3/b20-18+. The van der Waals surface area contributed by atoms with Gasteiger partial charge in [-0.3, -0.25) is 14.5 Å². The second-order valence-electron chi connectivity index (χ2n) is 6.95. The zero-order valence-corrected chi connectivity index (χ0v) is 18.6. The van der Waals surface area contributed by atoms with Crippen LogP contribution >= 0.6 is 22.9 Å². The van der Waals surface area contributed by atoms with Crippen molar-refractivity contribution in [3.63, 3.8) is 0 Å². The first-order valence-corrected chi connectivity index (χ1v) is 10.8. The van der Waals surface area contributed by atoms with Gasteiger partial charge in [0.1, 0.15) is 23.1 Å². The van der Waals surface area contributed by atoms with E-state index in [1.54, 1.807) is 61.5 Å². The third-order valence-electron chi connectivity index (χ3n) is 4.85. The Bertz CT molecular complexity index is 1220. The maximum Gasteiger partial charge on any atom is 0.301 e. The number of ketones is 1. The number of halogens is 1. The first-order chi connectivity index (χ1) is 15.4. The summed E-state index contributed by atoms with van der Waals surface area (Å²) < 4.78 is 5.52. The molecule has 32 heavy (non-hydrogen) atoms. The van der Waals surface area contributed by atoms with Crippen molar-refractivity contribution >= 4 is 45.5 Å². The van der Waals surface area contributed by atoms with Gasteiger partial charge in [-0.25, -0.2) is 0 Å². The van der Waals surface area contributed by atoms with E-state index in [-0.39, 0.29) is 16.5 Å². The molecule has 1 saturated heterocycles. The Kier molecular flexibility index (Phi) is 6.07. The highest BCUT2D eigenvalue weighted by molar-refractivity contribution is 7.15. The van der Waals surface area contributed by atoms with Crippen LogP contribution < -0.4 is 9.64 Å². The number of aliphatic hydroxyl groups is 1. The number of nitrogens with zero attached hydrogens (tertiary/aromatic N) is 3. The second-order valence-corrected chi connectivity index (χ2v) is 8.54. The summed E-state index contributed by atoms with van der Waals surface area (Å²) in [5, 5.41) is 20.5. The van der Waals surface area contributed by atoms with Crippen molar-refractivity contribution in [1.29, 1.82) is 0 Å². The summed E-state index contributed by atoms with van der Waals surface area (Å²) in [6.45, 7) is 5.72. The van der Waals surface area contributed by atoms with E-state index in [1.165, 1.54) is 16.2 Å². The van der Waals surface area contributed by atoms with Crippen LogP contribution in [0.2, 0.25) is 5.02 Å². The number of aryl methyl sites for hydroxylation is 1. The quantitative estimate of drug-likeness (QED) is 0.244. The largest absolute Gasteiger partial charge is 0.507 e. The predicted molar refractivity (Wildman–Crippen MR) is 123 cm³/mol. The Morgan fingerprint density at radius 3 is 2.47 bits per heavy atom. The smallest absolute Gasteiger partial charge is 0.301 e. The summed E-state index contributed by atoms with van der Waals surface area (Å²) in [6, 6.07) is 12.4. The molecule has 0 saturated carbocycles. The lowest BCUT2D eigenvalue weighted by molar-refractivity contribution is -0.132. The molecule has 0 radical (unpaired) electrons. The Morgan fingerprint density at radius 2 is 1.88 bits per heavy atom. The van der Waals surface area contributed by atoms with Crippen molar-refractivity contribution < 1.29 is 19.4 Å². The fraction of sp³-hybridized carbons (Fsp3) is 0.130. The van der Waals surface area contributed by atoms with Gasteiger partial charge < -0.3 is 9.84 Å². The summed E-state index contributed by atoms with van der Waals surface area (Å²) in [4.78, 5) is 27.3. The molecule has 1 aliphatic heterocycles. The van der Waals surface area contributed by atoms with Gasteiger partial charge in [0.15, 0.2) is 0 Å². The van der Waals surface area contributed by atoms with Gasteiger partial charge in [0, 0.05) is 10.6 Å². The van der Waals surface area contributed by atoms with Gasteiger partial charge >= 0.3 is 5.91 Å². The molecule has 1 N–H and O–H groups in total. The van der Waals surface area contributed by atoms with Crippen LogP contribution in [-0.2, 0) is 9.59 Å². The average molecular weight is 468 g/mol. The Morgan fingerprint density at radius 1 is 1.19 bits per heavy atom. The van der Waals surface area contributed by atoms with Crippen molar-refractivity contribution in [2.75, 3.05) is 11.5 Å². The van der Waals surface area contributed by atoms with Crippen molar-refractivity contribution in [3.8, 4) is 5.75 Å². The van der Waals surface area contributed by atoms with Crippen molar-refractivity contribution in [1.82, 2.24) is 10.2 Å². The molecule has 0 bridgehead atoms. The van der Waals surface area contributed by atoms with E-state index in [2.05, 4.69) is 16.8 Å². The lowest BCUT2D eigenvalue weighted by Gasteiger charge is -2.22. The molecule has 1 atom stereocenters. The number of hydrogen-bond acceptors (Lipinski definition) is 7. The first-order valence-electron chi connectivity index (χ1n) is 9.61. The van der Waals surface area contributed by atoms with E-state index in [0.29, 0.717) is 33.5 Å². The van der Waals surface area contributed by atoms with E-state index >= 15 is 0 Å². The molecule has 1 aromatic heterocycles. The van der Waals surface area contributed by atoms with Crippen molar-refractivity contribution in [2.45, 2.75) is 13.0 Å².